The Hall–Kier alpha value is -1.90. The normalized spacial score (nSPS) is 23.3. The summed E-state index contributed by atoms with van der Waals surface area (Å²) < 4.78 is 41.3. The third-order valence-corrected chi connectivity index (χ3v) is 20.9. The molecule has 0 aromatic rings. The molecular formula is C65H132F2N12O4S2. The number of aliphatic hydroxyl groups excluding tert-OH is 1. The molecule has 6 rings (SSSR count). The first-order chi connectivity index (χ1) is 38.1. The molecule has 0 spiro atoms. The number of halogens is 2. The van der Waals surface area contributed by atoms with E-state index in [4.69, 9.17) is 17.8 Å². The maximum absolute atomic E-state index is 12.7. The first-order valence-electron chi connectivity index (χ1n) is 31.9. The highest BCUT2D eigenvalue weighted by molar-refractivity contribution is 8.30. The predicted molar refractivity (Wildman–Crippen MR) is 358 cm³/mol. The second-order valence-electron chi connectivity index (χ2n) is 32.6. The zero-order chi connectivity index (χ0) is 66.5. The van der Waals surface area contributed by atoms with Crippen molar-refractivity contribution in [2.75, 3.05) is 134 Å². The summed E-state index contributed by atoms with van der Waals surface area (Å²) >= 11 is 5.18. The minimum Gasteiger partial charge on any atom is -0.393 e. The molecule has 85 heavy (non-hydrogen) atoms. The molecule has 16 nitrogen and oxygen atoms in total. The molecule has 0 bridgehead atoms. The standard InChI is InChI=1S/C13H27NO.C12H24N2O.C11H23N3O.C10H23N3OS2.C10H18N2.C9H17F2N/c1-11(2,3)14-12(4,5)8-10(15)9-13(14,6)7;1-12(2,3)14-8-6-10(7-9-14)11(15)13(4)5;1-11(2,3)14-8-6-13(7-9-14)10(15)12(4)5;1-10(2,3)12-6-8-13(9-7-12)16(14,15)11(4)5;1-10(2,3)12-7-5-9(11-4)6-8-12;1-8(2,3)12-6-4-9(10,11)5-7-12/h10,15H,8-9H2,1-7H3;10H,6-9H2,1-5H3;6-9H2,1-5H3;6-9H2,1-5H3;9H,5-8H2,1-3H3;4-7H2,1-3H3. The fraction of sp³-hybridized carbons (Fsp3) is 0.954. The van der Waals surface area contributed by atoms with Gasteiger partial charge in [0.25, 0.3) is 5.92 Å². The third-order valence-electron chi connectivity index (χ3n) is 17.5. The van der Waals surface area contributed by atoms with E-state index in [2.05, 4.69) is 187 Å². The number of aliphatic hydroxyl groups is 1. The molecule has 0 aromatic heterocycles. The minimum absolute atomic E-state index is 0.0181. The Morgan fingerprint density at radius 1 is 0.518 bits per heavy atom. The van der Waals surface area contributed by atoms with Crippen LogP contribution in [0.4, 0.5) is 13.6 Å². The van der Waals surface area contributed by atoms with Gasteiger partial charge < -0.3 is 24.7 Å². The lowest BCUT2D eigenvalue weighted by Gasteiger charge is -2.60. The Bertz CT molecular complexity index is 2060. The molecule has 0 saturated carbocycles. The number of piperazine rings is 2. The van der Waals surface area contributed by atoms with Crippen LogP contribution in [0.5, 0.6) is 0 Å². The minimum atomic E-state index is -2.41. The van der Waals surface area contributed by atoms with Crippen LogP contribution < -0.4 is 0 Å². The summed E-state index contributed by atoms with van der Waals surface area (Å²) in [6.45, 7) is 68.0. The van der Waals surface area contributed by atoms with Crippen LogP contribution >= 0.6 is 0 Å². The summed E-state index contributed by atoms with van der Waals surface area (Å²) in [6.07, 6.45) is 5.74. The lowest BCUT2D eigenvalue weighted by atomic mass is 9.75. The maximum Gasteiger partial charge on any atom is 0.319 e. The first kappa shape index (κ1) is 81.1. The van der Waals surface area contributed by atoms with E-state index in [-0.39, 0.29) is 75.2 Å². The number of hydrogen-bond donors (Lipinski definition) is 1. The van der Waals surface area contributed by atoms with Crippen LogP contribution in [0.1, 0.15) is 204 Å². The third kappa shape index (κ3) is 27.6. The summed E-state index contributed by atoms with van der Waals surface area (Å²) in [5, 5.41) is 9.94. The van der Waals surface area contributed by atoms with Crippen molar-refractivity contribution in [2.24, 2.45) is 5.92 Å². The molecule has 502 valence electrons. The molecule has 1 atom stereocenters. The van der Waals surface area contributed by atoms with Crippen molar-refractivity contribution in [3.8, 4) is 0 Å². The number of carbonyl (C=O) groups excluding carboxylic acids is 2. The predicted octanol–water partition coefficient (Wildman–Crippen LogP) is 10.7. The number of likely N-dealkylation sites (tertiary alicyclic amines) is 4. The van der Waals surface area contributed by atoms with Crippen LogP contribution in [0, 0.1) is 12.5 Å². The van der Waals surface area contributed by atoms with Gasteiger partial charge in [0.05, 0.1) is 6.10 Å². The first-order valence-corrected chi connectivity index (χ1v) is 34.3. The van der Waals surface area contributed by atoms with E-state index in [1.54, 1.807) is 42.3 Å². The van der Waals surface area contributed by atoms with Gasteiger partial charge in [-0.25, -0.2) is 33.0 Å². The van der Waals surface area contributed by atoms with Gasteiger partial charge in [0.2, 0.25) is 11.9 Å². The zero-order valence-electron chi connectivity index (χ0n) is 59.9. The Morgan fingerprint density at radius 2 is 0.835 bits per heavy atom. The summed E-state index contributed by atoms with van der Waals surface area (Å²) in [5.74, 6) is -1.87. The number of nitrogens with zero attached hydrogens (tertiary/aromatic N) is 12. The van der Waals surface area contributed by atoms with E-state index in [0.29, 0.717) is 25.0 Å². The molecule has 0 aromatic carbocycles. The SMILES string of the molecule is CC(C)(C)N1C(C)(C)CC(O)CC1(C)C.CC(C)(C)N1CCC(F)(F)CC1.CN(C)C(=O)C1CCN(C(C)(C)C)CC1.CN(C)C(=O)N1CCN(C(C)(C)C)CC1.CN(C)S(=O)(=S)N1CCN(C(C)(C)C)CC1.[C-]#[N+]C1CCN(C(C)(C)C)CC1. The number of amides is 3. The van der Waals surface area contributed by atoms with Crippen LogP contribution in [0.2, 0.25) is 0 Å². The topological polar surface area (TPSA) is 111 Å². The number of piperidine rings is 4. The van der Waals surface area contributed by atoms with E-state index in [9.17, 15) is 27.7 Å². The van der Waals surface area contributed by atoms with Gasteiger partial charge >= 0.3 is 6.03 Å². The monoisotopic (exact) mass is 1250 g/mol. The van der Waals surface area contributed by atoms with Crippen molar-refractivity contribution in [1.29, 1.82) is 0 Å². The van der Waals surface area contributed by atoms with Crippen molar-refractivity contribution >= 4 is 32.0 Å². The van der Waals surface area contributed by atoms with E-state index in [0.717, 1.165) is 117 Å². The highest BCUT2D eigenvalue weighted by Crippen LogP contribution is 2.43. The fourth-order valence-electron chi connectivity index (χ4n) is 13.0. The zero-order valence-corrected chi connectivity index (χ0v) is 61.5. The second-order valence-corrected chi connectivity index (χ2v) is 36.0. The Balaban J connectivity index is 0.000000511. The molecule has 6 saturated heterocycles. The largest absolute Gasteiger partial charge is 0.393 e. The van der Waals surface area contributed by atoms with Gasteiger partial charge in [0.1, 0.15) is 0 Å². The molecule has 1 N–H and O–H groups in total. The number of hydrogen-bond acceptors (Lipinski definition) is 11. The van der Waals surface area contributed by atoms with Gasteiger partial charge in [-0.15, -0.1) is 0 Å². The molecular weight excluding hydrogens is 1110 g/mol. The molecule has 6 aliphatic heterocycles. The molecule has 3 amide bonds. The van der Waals surface area contributed by atoms with Crippen molar-refractivity contribution in [1.82, 2.24) is 52.7 Å². The van der Waals surface area contributed by atoms with Crippen molar-refractivity contribution in [2.45, 2.75) is 266 Å². The summed E-state index contributed by atoms with van der Waals surface area (Å²) in [5.41, 5.74) is 1.25. The quantitative estimate of drug-likeness (QED) is 0.273. The Labute approximate surface area is 527 Å². The number of alkyl halides is 2. The average Bonchev–Trinajstić information content (AvgIpc) is 3.50. The van der Waals surface area contributed by atoms with Crippen molar-refractivity contribution in [3.05, 3.63) is 11.4 Å². The van der Waals surface area contributed by atoms with Gasteiger partial charge in [0, 0.05) is 208 Å². The highest BCUT2D eigenvalue weighted by Gasteiger charge is 2.49. The highest BCUT2D eigenvalue weighted by atomic mass is 32.8. The Kier molecular flexibility index (Phi) is 30.9. The van der Waals surface area contributed by atoms with Crippen molar-refractivity contribution < 1.29 is 27.7 Å². The van der Waals surface area contributed by atoms with Gasteiger partial charge in [-0.2, -0.15) is 0 Å². The number of rotatable bonds is 3. The van der Waals surface area contributed by atoms with Crippen LogP contribution in [-0.4, -0.2) is 270 Å². The van der Waals surface area contributed by atoms with Crippen LogP contribution in [0.25, 0.3) is 4.85 Å². The summed E-state index contributed by atoms with van der Waals surface area (Å²) in [6, 6.07) is 0.423. The molecule has 0 aliphatic carbocycles. The van der Waals surface area contributed by atoms with Gasteiger partial charge in [-0.1, -0.05) is 0 Å². The van der Waals surface area contributed by atoms with Crippen molar-refractivity contribution in [3.63, 3.8) is 0 Å². The van der Waals surface area contributed by atoms with E-state index in [1.807, 2.05) is 23.3 Å². The fourth-order valence-corrected chi connectivity index (χ4v) is 14.6. The van der Waals surface area contributed by atoms with Crippen LogP contribution in [0.3, 0.4) is 0 Å². The summed E-state index contributed by atoms with van der Waals surface area (Å²) in [7, 11) is 8.47. The van der Waals surface area contributed by atoms with Gasteiger partial charge in [0.15, 0.2) is 8.86 Å². The van der Waals surface area contributed by atoms with Crippen LogP contribution in [-0.2, 0) is 24.8 Å². The van der Waals surface area contributed by atoms with E-state index < -0.39 is 14.8 Å². The van der Waals surface area contributed by atoms with Crippen LogP contribution in [0.15, 0.2) is 0 Å². The van der Waals surface area contributed by atoms with Gasteiger partial charge in [-0.05, 0) is 191 Å². The van der Waals surface area contributed by atoms with E-state index >= 15 is 0 Å². The molecule has 6 aliphatic rings. The molecule has 0 radical (unpaired) electrons. The molecule has 1 unspecified atom stereocenters. The van der Waals surface area contributed by atoms with Gasteiger partial charge in [-0.3, -0.25) is 34.2 Å². The number of urea groups is 1. The molecule has 6 fully saturated rings. The average molecular weight is 1250 g/mol. The summed E-state index contributed by atoms with van der Waals surface area (Å²) in [4.78, 5) is 46.8. The second kappa shape index (κ2) is 32.4. The smallest absolute Gasteiger partial charge is 0.319 e. The maximum atomic E-state index is 12.7. The lowest BCUT2D eigenvalue weighted by molar-refractivity contribution is -0.135. The molecule has 6 heterocycles. The lowest BCUT2D eigenvalue weighted by Crippen LogP contribution is -2.67. The molecule has 20 heteroatoms. The Morgan fingerprint density at radius 3 is 1.13 bits per heavy atom. The number of carbonyl (C=O) groups is 2. The van der Waals surface area contributed by atoms with E-state index in [1.165, 1.54) is 0 Å².